The quantitative estimate of drug-likeness (QED) is 0.553. The van der Waals surface area contributed by atoms with Crippen LogP contribution >= 0.6 is 0 Å². The van der Waals surface area contributed by atoms with Gasteiger partial charge in [0.15, 0.2) is 9.84 Å². The van der Waals surface area contributed by atoms with Crippen molar-refractivity contribution in [1.82, 2.24) is 4.98 Å². The van der Waals surface area contributed by atoms with E-state index in [-0.39, 0.29) is 4.90 Å². The minimum Gasteiger partial charge on any atom is -0.456 e. The van der Waals surface area contributed by atoms with E-state index in [0.717, 1.165) is 21.9 Å². The normalized spacial score (nSPS) is 11.6. The molecule has 0 bridgehead atoms. The molecule has 0 fully saturated rings. The molecule has 0 unspecified atom stereocenters. The van der Waals surface area contributed by atoms with Crippen molar-refractivity contribution < 1.29 is 13.2 Å². The van der Waals surface area contributed by atoms with Gasteiger partial charge < -0.3 is 9.72 Å². The molecule has 0 aliphatic heterocycles. The smallest absolute Gasteiger partial charge is 0.179 e. The Morgan fingerprint density at radius 1 is 0.846 bits per heavy atom. The Bertz CT molecular complexity index is 1180. The molecule has 3 aromatic carbocycles. The molecule has 26 heavy (non-hydrogen) atoms. The summed E-state index contributed by atoms with van der Waals surface area (Å²) in [4.78, 5) is 3.15. The second-order valence-corrected chi connectivity index (χ2v) is 8.13. The van der Waals surface area contributed by atoms with Gasteiger partial charge >= 0.3 is 0 Å². The van der Waals surface area contributed by atoms with Crippen molar-refractivity contribution in [3.63, 3.8) is 0 Å². The highest BCUT2D eigenvalue weighted by Crippen LogP contribution is 2.34. The van der Waals surface area contributed by atoms with Crippen LogP contribution in [0.25, 0.3) is 21.9 Å². The number of aromatic amines is 1. The lowest BCUT2D eigenvalue weighted by atomic mass is 10.1. The Morgan fingerprint density at radius 3 is 2.38 bits per heavy atom. The average Bonchev–Trinajstić information content (AvgIpc) is 3.16. The molecular weight excluding hydrogens is 346 g/mol. The monoisotopic (exact) mass is 363 g/mol. The molecule has 0 amide bonds. The van der Waals surface area contributed by atoms with Gasteiger partial charge in [0.1, 0.15) is 16.4 Å². The molecule has 0 atom stereocenters. The number of fused-ring (bicyclic) bond motifs is 1. The first-order chi connectivity index (χ1) is 12.5. The zero-order valence-corrected chi connectivity index (χ0v) is 15.0. The number of hydrogen-bond donors (Lipinski definition) is 1. The van der Waals surface area contributed by atoms with Crippen molar-refractivity contribution in [3.05, 3.63) is 79.1 Å². The van der Waals surface area contributed by atoms with Gasteiger partial charge in [-0.1, -0.05) is 36.4 Å². The van der Waals surface area contributed by atoms with E-state index in [1.54, 1.807) is 18.3 Å². The number of sulfone groups is 1. The van der Waals surface area contributed by atoms with Crippen molar-refractivity contribution in [3.8, 4) is 22.6 Å². The van der Waals surface area contributed by atoms with E-state index in [9.17, 15) is 8.42 Å². The summed E-state index contributed by atoms with van der Waals surface area (Å²) in [5.41, 5.74) is 1.74. The highest BCUT2D eigenvalue weighted by molar-refractivity contribution is 7.90. The average molecular weight is 363 g/mol. The fourth-order valence-corrected chi connectivity index (χ4v) is 3.74. The summed E-state index contributed by atoms with van der Waals surface area (Å²) < 4.78 is 30.5. The first kappa shape index (κ1) is 16.4. The van der Waals surface area contributed by atoms with Crippen molar-refractivity contribution in [1.29, 1.82) is 0 Å². The van der Waals surface area contributed by atoms with Crippen LogP contribution < -0.4 is 4.74 Å². The van der Waals surface area contributed by atoms with Crippen LogP contribution in [0.15, 0.2) is 84.0 Å². The minimum atomic E-state index is -3.44. The van der Waals surface area contributed by atoms with Gasteiger partial charge in [0, 0.05) is 18.6 Å². The molecule has 0 spiro atoms. The van der Waals surface area contributed by atoms with Crippen LogP contribution in [-0.2, 0) is 9.84 Å². The summed E-state index contributed by atoms with van der Waals surface area (Å²) >= 11 is 0. The third-order valence-corrected chi connectivity index (χ3v) is 5.34. The molecule has 4 aromatic rings. The summed E-state index contributed by atoms with van der Waals surface area (Å²) in [5, 5.41) is 2.14. The summed E-state index contributed by atoms with van der Waals surface area (Å²) in [6.45, 7) is 0. The van der Waals surface area contributed by atoms with Crippen LogP contribution in [0.1, 0.15) is 0 Å². The molecule has 0 radical (unpaired) electrons. The van der Waals surface area contributed by atoms with E-state index in [4.69, 9.17) is 4.74 Å². The van der Waals surface area contributed by atoms with E-state index in [0.29, 0.717) is 11.5 Å². The fraction of sp³-hybridized carbons (Fsp3) is 0.0476. The largest absolute Gasteiger partial charge is 0.456 e. The maximum atomic E-state index is 12.3. The second-order valence-electron chi connectivity index (χ2n) is 6.14. The lowest BCUT2D eigenvalue weighted by Crippen LogP contribution is -2.01. The van der Waals surface area contributed by atoms with E-state index in [1.165, 1.54) is 6.26 Å². The zero-order chi connectivity index (χ0) is 18.1. The van der Waals surface area contributed by atoms with E-state index in [1.807, 2.05) is 60.8 Å². The van der Waals surface area contributed by atoms with Crippen LogP contribution in [0.3, 0.4) is 0 Å². The topological polar surface area (TPSA) is 59.2 Å². The van der Waals surface area contributed by atoms with Crippen LogP contribution in [0.2, 0.25) is 0 Å². The third kappa shape index (κ3) is 3.21. The van der Waals surface area contributed by atoms with Crippen LogP contribution in [0.4, 0.5) is 0 Å². The van der Waals surface area contributed by atoms with Gasteiger partial charge in [-0.05, 0) is 52.2 Å². The Balaban J connectivity index is 1.77. The predicted molar refractivity (Wildman–Crippen MR) is 103 cm³/mol. The van der Waals surface area contributed by atoms with Crippen LogP contribution in [-0.4, -0.2) is 19.7 Å². The third-order valence-electron chi connectivity index (χ3n) is 4.22. The summed E-state index contributed by atoms with van der Waals surface area (Å²) in [5.74, 6) is 0.921. The number of nitrogens with one attached hydrogen (secondary N) is 1. The molecule has 0 saturated heterocycles. The lowest BCUT2D eigenvalue weighted by Gasteiger charge is -2.12. The Kier molecular flexibility index (Phi) is 4.01. The molecule has 0 aliphatic carbocycles. The first-order valence-corrected chi connectivity index (χ1v) is 10.0. The summed E-state index contributed by atoms with van der Waals surface area (Å²) in [6.07, 6.45) is 4.82. The number of ether oxygens (including phenoxy) is 1. The first-order valence-electron chi connectivity index (χ1n) is 8.15. The number of hydrogen-bond acceptors (Lipinski definition) is 3. The second kappa shape index (κ2) is 6.35. The Morgan fingerprint density at radius 2 is 1.65 bits per heavy atom. The maximum absolute atomic E-state index is 12.3. The Labute approximate surface area is 152 Å². The molecule has 130 valence electrons. The van der Waals surface area contributed by atoms with Crippen molar-refractivity contribution in [2.24, 2.45) is 0 Å². The van der Waals surface area contributed by atoms with E-state index in [2.05, 4.69) is 4.98 Å². The van der Waals surface area contributed by atoms with Gasteiger partial charge in [0.05, 0.1) is 0 Å². The predicted octanol–water partition coefficient (Wildman–Crippen LogP) is 5.03. The van der Waals surface area contributed by atoms with Crippen molar-refractivity contribution in [2.45, 2.75) is 4.90 Å². The van der Waals surface area contributed by atoms with E-state index >= 15 is 0 Å². The highest BCUT2D eigenvalue weighted by atomic mass is 32.2. The lowest BCUT2D eigenvalue weighted by molar-refractivity contribution is 0.468. The molecule has 4 nitrogen and oxygen atoms in total. The standard InChI is InChI=1S/C21H17NO3S/c1-26(23,24)21-13-17(18-10-11-22-14-18)7-9-20(21)25-19-8-6-15-4-2-3-5-16(15)12-19/h2-14,22H,1H3. The summed E-state index contributed by atoms with van der Waals surface area (Å²) in [6, 6.07) is 20.8. The molecule has 4 rings (SSSR count). The molecular formula is C21H17NO3S. The number of H-pyrrole nitrogens is 1. The molecule has 5 heteroatoms. The maximum Gasteiger partial charge on any atom is 0.179 e. The Hall–Kier alpha value is -3.05. The minimum absolute atomic E-state index is 0.171. The zero-order valence-electron chi connectivity index (χ0n) is 14.1. The molecule has 1 heterocycles. The van der Waals surface area contributed by atoms with Crippen molar-refractivity contribution in [2.75, 3.05) is 6.26 Å². The number of benzene rings is 3. The molecule has 1 N–H and O–H groups in total. The van der Waals surface area contributed by atoms with Gasteiger partial charge in [-0.15, -0.1) is 0 Å². The van der Waals surface area contributed by atoms with Gasteiger partial charge in [-0.3, -0.25) is 0 Å². The molecule has 0 saturated carbocycles. The van der Waals surface area contributed by atoms with Gasteiger partial charge in [0.25, 0.3) is 0 Å². The molecule has 1 aromatic heterocycles. The van der Waals surface area contributed by atoms with Gasteiger partial charge in [-0.25, -0.2) is 8.42 Å². The highest BCUT2D eigenvalue weighted by Gasteiger charge is 2.17. The summed E-state index contributed by atoms with van der Waals surface area (Å²) in [7, 11) is -3.44. The number of rotatable bonds is 4. The SMILES string of the molecule is CS(=O)(=O)c1cc(-c2cc[nH]c2)ccc1Oc1ccc2ccccc2c1. The van der Waals surface area contributed by atoms with Gasteiger partial charge in [-0.2, -0.15) is 0 Å². The molecule has 0 aliphatic rings. The van der Waals surface area contributed by atoms with Crippen LogP contribution in [0, 0.1) is 0 Å². The fourth-order valence-electron chi connectivity index (χ4n) is 2.92. The van der Waals surface area contributed by atoms with Crippen molar-refractivity contribution >= 4 is 20.6 Å². The van der Waals surface area contributed by atoms with Crippen LogP contribution in [0.5, 0.6) is 11.5 Å². The van der Waals surface area contributed by atoms with E-state index < -0.39 is 9.84 Å². The number of aromatic nitrogens is 1. The van der Waals surface area contributed by atoms with Gasteiger partial charge in [0.2, 0.25) is 0 Å².